The minimum absolute atomic E-state index is 0.105. The maximum Gasteiger partial charge on any atom is 0.292 e. The van der Waals surface area contributed by atoms with E-state index < -0.39 is 18.3 Å². The minimum Gasteiger partial charge on any atom is -0.493 e. The molecule has 1 amide bonds. The largest absolute Gasteiger partial charge is 0.493 e. The highest BCUT2D eigenvalue weighted by atomic mass is 31.2. The highest BCUT2D eigenvalue weighted by Crippen LogP contribution is 2.54. The third kappa shape index (κ3) is 5.49. The number of nitro groups is 1. The average molecular weight is 624 g/mol. The number of anilines is 3. The van der Waals surface area contributed by atoms with Crippen LogP contribution in [0.15, 0.2) is 54.6 Å². The first-order valence-corrected chi connectivity index (χ1v) is 16.0. The highest BCUT2D eigenvalue weighted by molar-refractivity contribution is 7.71. The van der Waals surface area contributed by atoms with Gasteiger partial charge in [-0.05, 0) is 48.9 Å². The topological polar surface area (TPSA) is 136 Å². The van der Waals surface area contributed by atoms with E-state index in [4.69, 9.17) is 14.2 Å². The molecular formula is C31H38N5O7P. The number of ether oxygens (including phenoxy) is 3. The zero-order valence-corrected chi connectivity index (χ0v) is 26.6. The number of morpholine rings is 1. The lowest BCUT2D eigenvalue weighted by Crippen LogP contribution is -2.40. The lowest BCUT2D eigenvalue weighted by atomic mass is 9.81. The van der Waals surface area contributed by atoms with Crippen LogP contribution in [0.2, 0.25) is 0 Å². The van der Waals surface area contributed by atoms with Gasteiger partial charge in [0.15, 0.2) is 11.5 Å². The van der Waals surface area contributed by atoms with Gasteiger partial charge in [-0.25, -0.2) is 4.67 Å². The Kier molecular flexibility index (Phi) is 8.62. The van der Waals surface area contributed by atoms with E-state index in [-0.39, 0.29) is 22.8 Å². The summed E-state index contributed by atoms with van der Waals surface area (Å²) in [4.78, 5) is 27.4. The van der Waals surface area contributed by atoms with Crippen LogP contribution in [-0.2, 0) is 14.7 Å². The SMILES string of the molecule is COc1ccc(C(=O)Nc2cc3c(cc2[P@@](=O)(Nc2ccccc2[N+](=O)[O-])N2CCOCC2)C(C)(C)[C@@H](C)N3C)cc1OC. The van der Waals surface area contributed by atoms with Crippen LogP contribution in [0.4, 0.5) is 22.7 Å². The molecule has 0 aromatic heterocycles. The summed E-state index contributed by atoms with van der Waals surface area (Å²) in [5.74, 6) is 0.423. The van der Waals surface area contributed by atoms with E-state index >= 15 is 4.57 Å². The molecule has 2 atom stereocenters. The van der Waals surface area contributed by atoms with Gasteiger partial charge >= 0.3 is 0 Å². The maximum atomic E-state index is 15.5. The first kappa shape index (κ1) is 31.3. The average Bonchev–Trinajstić information content (AvgIpc) is 3.19. The predicted octanol–water partition coefficient (Wildman–Crippen LogP) is 5.24. The van der Waals surface area contributed by atoms with Crippen LogP contribution in [0.5, 0.6) is 11.5 Å². The Morgan fingerprint density at radius 3 is 2.39 bits per heavy atom. The van der Waals surface area contributed by atoms with Gasteiger partial charge in [0.1, 0.15) is 5.69 Å². The summed E-state index contributed by atoms with van der Waals surface area (Å²) < 4.78 is 33.6. The molecule has 2 heterocycles. The van der Waals surface area contributed by atoms with Crippen molar-refractivity contribution in [3.63, 3.8) is 0 Å². The summed E-state index contributed by atoms with van der Waals surface area (Å²) in [6.45, 7) is 7.70. The van der Waals surface area contributed by atoms with Gasteiger partial charge in [-0.3, -0.25) is 19.5 Å². The first-order valence-electron chi connectivity index (χ1n) is 14.3. The van der Waals surface area contributed by atoms with Gasteiger partial charge in [0.25, 0.3) is 19.0 Å². The Morgan fingerprint density at radius 2 is 1.73 bits per heavy atom. The Labute approximate surface area is 256 Å². The van der Waals surface area contributed by atoms with E-state index in [0.29, 0.717) is 54.4 Å². The molecule has 1 saturated heterocycles. The van der Waals surface area contributed by atoms with E-state index in [2.05, 4.69) is 36.1 Å². The van der Waals surface area contributed by atoms with Gasteiger partial charge in [-0.1, -0.05) is 26.0 Å². The molecule has 2 aliphatic heterocycles. The molecule has 1 fully saturated rings. The number of carbonyl (C=O) groups is 1. The molecule has 44 heavy (non-hydrogen) atoms. The monoisotopic (exact) mass is 623 g/mol. The van der Waals surface area contributed by atoms with E-state index in [9.17, 15) is 14.9 Å². The quantitative estimate of drug-likeness (QED) is 0.185. The Morgan fingerprint density at radius 1 is 1.05 bits per heavy atom. The molecule has 0 saturated carbocycles. The summed E-state index contributed by atoms with van der Waals surface area (Å²) >= 11 is 0. The molecule has 3 aromatic carbocycles. The summed E-state index contributed by atoms with van der Waals surface area (Å²) in [6, 6.07) is 14.8. The number of fused-ring (bicyclic) bond motifs is 1. The lowest BCUT2D eigenvalue weighted by molar-refractivity contribution is -0.383. The number of methoxy groups -OCH3 is 2. The zero-order chi connectivity index (χ0) is 31.8. The molecule has 0 bridgehead atoms. The number of rotatable bonds is 9. The number of nitro benzene ring substituents is 1. The second kappa shape index (κ2) is 12.1. The third-order valence-corrected chi connectivity index (χ3v) is 11.6. The number of amides is 1. The van der Waals surface area contributed by atoms with Crippen LogP contribution < -0.4 is 30.1 Å². The lowest BCUT2D eigenvalue weighted by Gasteiger charge is -2.36. The van der Waals surface area contributed by atoms with Crippen molar-refractivity contribution in [2.24, 2.45) is 0 Å². The second-order valence-corrected chi connectivity index (χ2v) is 13.9. The first-order chi connectivity index (χ1) is 20.9. The molecule has 2 aliphatic rings. The highest BCUT2D eigenvalue weighted by Gasteiger charge is 2.44. The van der Waals surface area contributed by atoms with Crippen molar-refractivity contribution >= 4 is 41.4 Å². The van der Waals surface area contributed by atoms with Crippen LogP contribution in [0, 0.1) is 10.1 Å². The second-order valence-electron chi connectivity index (χ2n) is 11.4. The van der Waals surface area contributed by atoms with Gasteiger partial charge in [0.2, 0.25) is 0 Å². The van der Waals surface area contributed by atoms with E-state index in [1.807, 2.05) is 19.2 Å². The van der Waals surface area contributed by atoms with Gasteiger partial charge in [0.05, 0.1) is 43.3 Å². The smallest absolute Gasteiger partial charge is 0.292 e. The number of nitrogens with one attached hydrogen (secondary N) is 2. The fraction of sp³-hybridized carbons (Fsp3) is 0.387. The summed E-state index contributed by atoms with van der Waals surface area (Å²) in [7, 11) is 1.14. The molecule has 234 valence electrons. The molecular weight excluding hydrogens is 585 g/mol. The van der Waals surface area contributed by atoms with Crippen molar-refractivity contribution in [3.05, 3.63) is 75.8 Å². The number of carbonyl (C=O) groups excluding carboxylic acids is 1. The summed E-state index contributed by atoms with van der Waals surface area (Å²) in [5, 5.41) is 18.4. The summed E-state index contributed by atoms with van der Waals surface area (Å²) in [6.07, 6.45) is 0. The molecule has 0 unspecified atom stereocenters. The maximum absolute atomic E-state index is 15.5. The normalized spacial score (nSPS) is 19.0. The van der Waals surface area contributed by atoms with E-state index in [1.54, 1.807) is 41.1 Å². The Bertz CT molecular complexity index is 1640. The third-order valence-electron chi connectivity index (χ3n) is 8.79. The molecule has 0 spiro atoms. The fourth-order valence-electron chi connectivity index (χ4n) is 5.83. The van der Waals surface area contributed by atoms with E-state index in [0.717, 1.165) is 11.3 Å². The van der Waals surface area contributed by atoms with Crippen molar-refractivity contribution in [2.75, 3.05) is 62.9 Å². The number of benzene rings is 3. The number of para-hydroxylation sites is 2. The van der Waals surface area contributed by atoms with Crippen molar-refractivity contribution < 1.29 is 28.5 Å². The van der Waals surface area contributed by atoms with Crippen LogP contribution in [-0.4, -0.2) is 69.1 Å². The molecule has 2 N–H and O–H groups in total. The summed E-state index contributed by atoms with van der Waals surface area (Å²) in [5.41, 5.74) is 2.10. The minimum atomic E-state index is -3.86. The van der Waals surface area contributed by atoms with Gasteiger partial charge in [-0.2, -0.15) is 0 Å². The Hall–Kier alpha value is -4.12. The van der Waals surface area contributed by atoms with E-state index in [1.165, 1.54) is 20.3 Å². The molecule has 3 aromatic rings. The van der Waals surface area contributed by atoms with Crippen LogP contribution in [0.1, 0.15) is 36.7 Å². The van der Waals surface area contributed by atoms with Gasteiger partial charge in [-0.15, -0.1) is 0 Å². The number of nitrogens with zero attached hydrogens (tertiary/aromatic N) is 3. The zero-order valence-electron chi connectivity index (χ0n) is 25.7. The van der Waals surface area contributed by atoms with Crippen LogP contribution in [0.25, 0.3) is 0 Å². The van der Waals surface area contributed by atoms with Gasteiger partial charge in [0, 0.05) is 48.9 Å². The van der Waals surface area contributed by atoms with Crippen molar-refractivity contribution in [1.29, 1.82) is 0 Å². The standard InChI is InChI=1S/C31H38N5O7P/c1-20-31(2,3)22-18-29(44(40,35-13-15-43-16-14-35)33-23-9-7-8-10-25(23)36(38)39)24(19-26(22)34(20)4)32-30(37)21-11-12-27(41-5)28(17-21)42-6/h7-12,17-20H,13-16H2,1-6H3,(H,32,37)(H,33,40)/t20-,44-/m1/s1. The van der Waals surface area contributed by atoms with Crippen LogP contribution >= 0.6 is 7.44 Å². The molecule has 5 rings (SSSR count). The fourth-order valence-corrected chi connectivity index (χ4v) is 8.39. The molecule has 12 nitrogen and oxygen atoms in total. The predicted molar refractivity (Wildman–Crippen MR) is 171 cm³/mol. The molecule has 13 heteroatoms. The number of likely N-dealkylation sites (N-methyl/N-ethyl adjacent to an activating group) is 1. The van der Waals surface area contributed by atoms with Crippen molar-refractivity contribution in [3.8, 4) is 11.5 Å². The van der Waals surface area contributed by atoms with Crippen LogP contribution in [0.3, 0.4) is 0 Å². The van der Waals surface area contributed by atoms with Gasteiger partial charge < -0.3 is 29.5 Å². The molecule has 0 radical (unpaired) electrons. The van der Waals surface area contributed by atoms with Crippen molar-refractivity contribution in [1.82, 2.24) is 4.67 Å². The molecule has 0 aliphatic carbocycles. The number of hydrogen-bond donors (Lipinski definition) is 2. The Balaban J connectivity index is 1.70. The van der Waals surface area contributed by atoms with Crippen molar-refractivity contribution in [2.45, 2.75) is 32.2 Å². The number of hydrogen-bond acceptors (Lipinski definition) is 8.